The summed E-state index contributed by atoms with van der Waals surface area (Å²) in [6, 6.07) is 16.3. The van der Waals surface area contributed by atoms with Crippen LogP contribution in [-0.2, 0) is 9.53 Å². The number of thioether (sulfide) groups is 1. The highest BCUT2D eigenvalue weighted by atomic mass is 32.2. The van der Waals surface area contributed by atoms with Crippen molar-refractivity contribution in [3.8, 4) is 11.8 Å². The summed E-state index contributed by atoms with van der Waals surface area (Å²) in [6.07, 6.45) is 0. The molecule has 8 heteroatoms. The summed E-state index contributed by atoms with van der Waals surface area (Å²) in [5, 5.41) is 10.5. The maximum Gasteiger partial charge on any atom is 0.338 e. The van der Waals surface area contributed by atoms with Gasteiger partial charge in [-0.15, -0.1) is 0 Å². The highest BCUT2D eigenvalue weighted by Crippen LogP contribution is 2.49. The van der Waals surface area contributed by atoms with Gasteiger partial charge in [0.15, 0.2) is 0 Å². The quantitative estimate of drug-likeness (QED) is 0.762. The van der Waals surface area contributed by atoms with Gasteiger partial charge in [0, 0.05) is 4.90 Å². The van der Waals surface area contributed by atoms with Crippen molar-refractivity contribution in [2.45, 2.75) is 10.8 Å². The fourth-order valence-corrected chi connectivity index (χ4v) is 4.77. The maximum absolute atomic E-state index is 13.2. The molecular formula is C22H17N3O4S. The number of nitrogens with two attached hydrogens (primary N) is 1. The van der Waals surface area contributed by atoms with E-state index in [-0.39, 0.29) is 22.9 Å². The third-order valence-electron chi connectivity index (χ3n) is 5.03. The minimum absolute atomic E-state index is 0.0383. The number of nitriles is 1. The molecule has 2 aliphatic rings. The summed E-state index contributed by atoms with van der Waals surface area (Å²) in [5.41, 5.74) is 7.78. The summed E-state index contributed by atoms with van der Waals surface area (Å²) >= 11 is 1.28. The third-order valence-corrected chi connectivity index (χ3v) is 6.20. The predicted molar refractivity (Wildman–Crippen MR) is 110 cm³/mol. The molecule has 2 aromatic rings. The Morgan fingerprint density at radius 2 is 1.87 bits per heavy atom. The molecule has 7 nitrogen and oxygen atoms in total. The largest absolute Gasteiger partial charge is 0.497 e. The zero-order chi connectivity index (χ0) is 21.4. The van der Waals surface area contributed by atoms with Crippen LogP contribution in [0.15, 0.2) is 75.4 Å². The Morgan fingerprint density at radius 1 is 1.17 bits per heavy atom. The Kier molecular flexibility index (Phi) is 4.98. The topological polar surface area (TPSA) is 106 Å². The summed E-state index contributed by atoms with van der Waals surface area (Å²) in [4.78, 5) is 27.9. The number of rotatable bonds is 3. The molecule has 1 atom stereocenters. The highest BCUT2D eigenvalue weighted by Gasteiger charge is 2.44. The molecule has 0 spiro atoms. The summed E-state index contributed by atoms with van der Waals surface area (Å²) in [7, 11) is 2.79. The lowest BCUT2D eigenvalue weighted by Gasteiger charge is -2.38. The first-order valence-corrected chi connectivity index (χ1v) is 9.81. The highest BCUT2D eigenvalue weighted by molar-refractivity contribution is 8.03. The van der Waals surface area contributed by atoms with E-state index in [1.54, 1.807) is 43.5 Å². The molecule has 0 aromatic heterocycles. The number of carbonyl (C=O) groups is 2. The van der Waals surface area contributed by atoms with E-state index in [1.807, 2.05) is 12.1 Å². The molecule has 30 heavy (non-hydrogen) atoms. The zero-order valence-electron chi connectivity index (χ0n) is 16.2. The van der Waals surface area contributed by atoms with Gasteiger partial charge in [-0.25, -0.2) is 4.79 Å². The van der Waals surface area contributed by atoms with Crippen LogP contribution in [0.25, 0.3) is 0 Å². The smallest absolute Gasteiger partial charge is 0.338 e. The number of ether oxygens (including phenoxy) is 2. The van der Waals surface area contributed by atoms with Gasteiger partial charge in [0.2, 0.25) is 0 Å². The summed E-state index contributed by atoms with van der Waals surface area (Å²) < 4.78 is 10.2. The second kappa shape index (κ2) is 7.61. The monoisotopic (exact) mass is 419 g/mol. The number of esters is 1. The molecular weight excluding hydrogens is 402 g/mol. The molecule has 0 fully saturated rings. The van der Waals surface area contributed by atoms with E-state index < -0.39 is 11.9 Å². The molecule has 0 saturated carbocycles. The average molecular weight is 419 g/mol. The lowest BCUT2D eigenvalue weighted by Crippen LogP contribution is -2.42. The molecule has 2 N–H and O–H groups in total. The van der Waals surface area contributed by atoms with E-state index in [2.05, 4.69) is 6.07 Å². The Bertz CT molecular complexity index is 1160. The molecule has 0 bridgehead atoms. The van der Waals surface area contributed by atoms with Crippen molar-refractivity contribution >= 4 is 23.6 Å². The molecule has 0 radical (unpaired) electrons. The number of nitrogens with zero attached hydrogens (tertiary/aromatic N) is 2. The van der Waals surface area contributed by atoms with Crippen LogP contribution in [0.4, 0.5) is 0 Å². The van der Waals surface area contributed by atoms with Crippen molar-refractivity contribution in [2.24, 2.45) is 5.73 Å². The molecule has 2 aliphatic heterocycles. The van der Waals surface area contributed by atoms with Crippen LogP contribution in [0.5, 0.6) is 5.75 Å². The molecule has 1 unspecified atom stereocenters. The number of hydrogen-bond acceptors (Lipinski definition) is 7. The minimum Gasteiger partial charge on any atom is -0.497 e. The first kappa shape index (κ1) is 19.6. The average Bonchev–Trinajstić information content (AvgIpc) is 2.78. The van der Waals surface area contributed by atoms with Crippen molar-refractivity contribution in [1.29, 1.82) is 5.26 Å². The van der Waals surface area contributed by atoms with Crippen LogP contribution in [0.1, 0.15) is 21.8 Å². The van der Waals surface area contributed by atoms with E-state index in [0.29, 0.717) is 21.9 Å². The Balaban J connectivity index is 1.97. The van der Waals surface area contributed by atoms with Crippen LogP contribution in [-0.4, -0.2) is 31.0 Å². The fourth-order valence-electron chi connectivity index (χ4n) is 3.60. The number of hydrogen-bond donors (Lipinski definition) is 1. The van der Waals surface area contributed by atoms with E-state index in [4.69, 9.17) is 15.2 Å². The normalized spacial score (nSPS) is 17.8. The van der Waals surface area contributed by atoms with E-state index >= 15 is 0 Å². The second-order valence-electron chi connectivity index (χ2n) is 6.57. The fraction of sp³-hybridized carbons (Fsp3) is 0.136. The number of benzene rings is 2. The van der Waals surface area contributed by atoms with Crippen molar-refractivity contribution in [3.63, 3.8) is 0 Å². The minimum atomic E-state index is -0.773. The molecule has 150 valence electrons. The number of amides is 1. The number of fused-ring (bicyclic) bond motifs is 2. The first-order chi connectivity index (χ1) is 14.5. The van der Waals surface area contributed by atoms with Crippen molar-refractivity contribution in [2.75, 3.05) is 14.2 Å². The van der Waals surface area contributed by atoms with Crippen LogP contribution in [0.3, 0.4) is 0 Å². The molecule has 0 aliphatic carbocycles. The lowest BCUT2D eigenvalue weighted by atomic mass is 9.83. The van der Waals surface area contributed by atoms with Crippen LogP contribution in [0.2, 0.25) is 0 Å². The number of methoxy groups -OCH3 is 2. The van der Waals surface area contributed by atoms with Gasteiger partial charge in [-0.3, -0.25) is 9.69 Å². The molecule has 4 rings (SSSR count). The molecule has 2 heterocycles. The third kappa shape index (κ3) is 2.91. The zero-order valence-corrected chi connectivity index (χ0v) is 17.0. The van der Waals surface area contributed by atoms with Gasteiger partial charge in [0.25, 0.3) is 5.91 Å². The van der Waals surface area contributed by atoms with E-state index in [0.717, 1.165) is 4.90 Å². The van der Waals surface area contributed by atoms with Gasteiger partial charge in [-0.1, -0.05) is 36.0 Å². The van der Waals surface area contributed by atoms with Gasteiger partial charge in [0.05, 0.1) is 42.9 Å². The number of allylic oxidation sites excluding steroid dienone is 1. The van der Waals surface area contributed by atoms with Crippen molar-refractivity contribution in [1.82, 2.24) is 4.90 Å². The molecule has 2 aromatic carbocycles. The van der Waals surface area contributed by atoms with Crippen LogP contribution in [0, 0.1) is 11.3 Å². The Morgan fingerprint density at radius 3 is 2.50 bits per heavy atom. The van der Waals surface area contributed by atoms with Gasteiger partial charge >= 0.3 is 5.97 Å². The second-order valence-corrected chi connectivity index (χ2v) is 7.60. The molecule has 0 saturated heterocycles. The van der Waals surface area contributed by atoms with Crippen LogP contribution >= 0.6 is 11.8 Å². The van der Waals surface area contributed by atoms with E-state index in [9.17, 15) is 14.9 Å². The van der Waals surface area contributed by atoms with Gasteiger partial charge < -0.3 is 15.2 Å². The standard InChI is InChI=1S/C22H17N3O4S/c1-28-13-9-7-12(8-10-13)17-15(11-23)21-25(19(24)18(17)22(27)29-2)20(26)14-5-3-4-6-16(14)30-21/h3-10,17H,24H2,1-2H3. The Hall–Kier alpha value is -3.70. The SMILES string of the molecule is COC(=O)C1=C(N)N2C(=O)c3ccccc3SC2=C(C#N)C1c1ccc(OC)cc1. The number of carbonyl (C=O) groups excluding carboxylic acids is 2. The lowest BCUT2D eigenvalue weighted by molar-refractivity contribution is -0.136. The van der Waals surface area contributed by atoms with Crippen LogP contribution < -0.4 is 10.5 Å². The predicted octanol–water partition coefficient (Wildman–Crippen LogP) is 3.12. The van der Waals surface area contributed by atoms with E-state index in [1.165, 1.54) is 23.8 Å². The van der Waals surface area contributed by atoms with Gasteiger partial charge in [0.1, 0.15) is 16.6 Å². The van der Waals surface area contributed by atoms with Gasteiger partial charge in [-0.05, 0) is 29.8 Å². The maximum atomic E-state index is 13.2. The summed E-state index contributed by atoms with van der Waals surface area (Å²) in [5.74, 6) is -1.26. The van der Waals surface area contributed by atoms with Gasteiger partial charge in [-0.2, -0.15) is 5.26 Å². The summed E-state index contributed by atoms with van der Waals surface area (Å²) in [6.45, 7) is 0. The van der Waals surface area contributed by atoms with Crippen molar-refractivity contribution < 1.29 is 19.1 Å². The van der Waals surface area contributed by atoms with Crippen molar-refractivity contribution in [3.05, 3.63) is 81.7 Å². The Labute approximate surface area is 177 Å². The molecule has 1 amide bonds. The first-order valence-electron chi connectivity index (χ1n) is 8.99.